The van der Waals surface area contributed by atoms with Crippen LogP contribution >= 0.6 is 11.6 Å². The molecule has 4 nitrogen and oxygen atoms in total. The molecule has 0 fully saturated rings. The van der Waals surface area contributed by atoms with E-state index >= 15 is 0 Å². The molecule has 1 aliphatic rings. The molecule has 5 heteroatoms. The van der Waals surface area contributed by atoms with Crippen LogP contribution in [0.4, 0.5) is 0 Å². The van der Waals surface area contributed by atoms with Gasteiger partial charge in [-0.15, -0.1) is 5.06 Å². The summed E-state index contributed by atoms with van der Waals surface area (Å²) >= 11 is 5.82. The monoisotopic (exact) mass is 254 g/mol. The number of rotatable bonds is 1. The number of benzene rings is 1. The topological polar surface area (TPSA) is 49.5 Å². The minimum absolute atomic E-state index is 0.546. The molecule has 0 spiro atoms. The first-order chi connectivity index (χ1) is 7.85. The van der Waals surface area contributed by atoms with E-state index in [-0.39, 0.29) is 0 Å². The molecular weight excluding hydrogens is 240 g/mol. The Morgan fingerprint density at radius 2 is 1.88 bits per heavy atom. The second kappa shape index (κ2) is 3.98. The fraction of sp³-hybridized carbons (Fsp3) is 0.417. The first-order valence-electron chi connectivity index (χ1n) is 5.43. The van der Waals surface area contributed by atoms with Crippen molar-refractivity contribution < 1.29 is 9.95 Å². The van der Waals surface area contributed by atoms with Crippen molar-refractivity contribution >= 4 is 17.3 Å². The van der Waals surface area contributed by atoms with Gasteiger partial charge in [-0.25, -0.2) is 0 Å². The molecule has 0 aliphatic carbocycles. The Morgan fingerprint density at radius 1 is 1.35 bits per heavy atom. The predicted molar refractivity (Wildman–Crippen MR) is 66.4 cm³/mol. The molecule has 1 aliphatic heterocycles. The Kier molecular flexibility index (Phi) is 2.89. The quantitative estimate of drug-likeness (QED) is 0.619. The van der Waals surface area contributed by atoms with Gasteiger partial charge in [-0.3, -0.25) is 0 Å². The van der Waals surface area contributed by atoms with Crippen molar-refractivity contribution in [3.63, 3.8) is 0 Å². The molecule has 1 heterocycles. The van der Waals surface area contributed by atoms with Gasteiger partial charge in [-0.1, -0.05) is 11.6 Å². The van der Waals surface area contributed by atoms with Crippen molar-refractivity contribution in [1.82, 2.24) is 5.06 Å². The average Bonchev–Trinajstić information content (AvgIpc) is 2.42. The third kappa shape index (κ3) is 1.82. The molecule has 0 bridgehead atoms. The van der Waals surface area contributed by atoms with Gasteiger partial charge in [0.2, 0.25) is 11.9 Å². The van der Waals surface area contributed by atoms with E-state index in [1.807, 2.05) is 13.8 Å². The minimum Gasteiger partial charge on any atom is -0.622 e. The molecule has 0 radical (unpaired) electrons. The third-order valence-electron chi connectivity index (χ3n) is 3.18. The molecular formula is C12H15ClN2O2. The molecule has 0 amide bonds. The smallest absolute Gasteiger partial charge is 0.238 e. The fourth-order valence-electron chi connectivity index (χ4n) is 2.22. The van der Waals surface area contributed by atoms with E-state index in [1.165, 1.54) is 0 Å². The number of nitrogens with zero attached hydrogens (tertiary/aromatic N) is 2. The summed E-state index contributed by atoms with van der Waals surface area (Å²) in [6, 6.07) is 7.05. The largest absolute Gasteiger partial charge is 0.622 e. The highest BCUT2D eigenvalue weighted by Gasteiger charge is 2.49. The second-order valence-corrected chi connectivity index (χ2v) is 5.15. The Hall–Kier alpha value is -1.10. The summed E-state index contributed by atoms with van der Waals surface area (Å²) in [6.07, 6.45) is -0.587. The van der Waals surface area contributed by atoms with Crippen LogP contribution in [0.5, 0.6) is 0 Å². The molecule has 1 aromatic rings. The van der Waals surface area contributed by atoms with Crippen LogP contribution in [-0.2, 0) is 0 Å². The van der Waals surface area contributed by atoms with Crippen LogP contribution in [0.2, 0.25) is 5.02 Å². The number of hydrogen-bond acceptors (Lipinski definition) is 3. The highest BCUT2D eigenvalue weighted by molar-refractivity contribution is 6.30. The van der Waals surface area contributed by atoms with E-state index in [2.05, 4.69) is 0 Å². The summed E-state index contributed by atoms with van der Waals surface area (Å²) in [5.74, 6) is 0. The van der Waals surface area contributed by atoms with Crippen molar-refractivity contribution in [2.75, 3.05) is 0 Å². The maximum atomic E-state index is 12.1. The van der Waals surface area contributed by atoms with Crippen LogP contribution in [0.3, 0.4) is 0 Å². The Bertz CT molecular complexity index is 468. The van der Waals surface area contributed by atoms with Gasteiger partial charge in [0.05, 0.1) is 0 Å². The molecule has 17 heavy (non-hydrogen) atoms. The Balaban J connectivity index is 2.53. The maximum absolute atomic E-state index is 12.1. The van der Waals surface area contributed by atoms with Gasteiger partial charge >= 0.3 is 0 Å². The van der Waals surface area contributed by atoms with Crippen molar-refractivity contribution in [2.45, 2.75) is 32.5 Å². The summed E-state index contributed by atoms with van der Waals surface area (Å²) in [7, 11) is 0. The highest BCUT2D eigenvalue weighted by Crippen LogP contribution is 2.28. The number of hydroxylamine groups is 3. The standard InChI is InChI=1S/C12H15ClN2O2/c1-8-14(16)11(12(2,3)15(8)17)9-4-6-10(13)7-5-9/h4-8,17H,1-3H3. The SMILES string of the molecule is CC1N(O)C(C)(C)C(c2ccc(Cl)cc2)=[N+]1[O-]. The average molecular weight is 255 g/mol. The van der Waals surface area contributed by atoms with Crippen molar-refractivity contribution in [3.8, 4) is 0 Å². The van der Waals surface area contributed by atoms with Crippen LogP contribution in [0.1, 0.15) is 26.3 Å². The van der Waals surface area contributed by atoms with E-state index in [0.29, 0.717) is 10.7 Å². The summed E-state index contributed by atoms with van der Waals surface area (Å²) in [4.78, 5) is 0. The number of hydrogen-bond donors (Lipinski definition) is 1. The lowest BCUT2D eigenvalue weighted by atomic mass is 9.93. The van der Waals surface area contributed by atoms with Crippen LogP contribution in [0, 0.1) is 5.21 Å². The van der Waals surface area contributed by atoms with Crippen LogP contribution in [-0.4, -0.2) is 32.4 Å². The molecule has 1 unspecified atom stereocenters. The van der Waals surface area contributed by atoms with Gasteiger partial charge in [-0.05, 0) is 38.1 Å². The zero-order valence-corrected chi connectivity index (χ0v) is 10.8. The molecule has 92 valence electrons. The van der Waals surface area contributed by atoms with Gasteiger partial charge in [0.25, 0.3) is 0 Å². The zero-order chi connectivity index (χ0) is 12.8. The molecule has 0 saturated heterocycles. The van der Waals surface area contributed by atoms with Gasteiger partial charge in [-0.2, -0.15) is 4.74 Å². The zero-order valence-electron chi connectivity index (χ0n) is 10.0. The summed E-state index contributed by atoms with van der Waals surface area (Å²) in [5, 5.41) is 23.7. The molecule has 0 aromatic heterocycles. The predicted octanol–water partition coefficient (Wildman–Crippen LogP) is 2.47. The van der Waals surface area contributed by atoms with Crippen molar-refractivity contribution in [2.24, 2.45) is 0 Å². The van der Waals surface area contributed by atoms with Gasteiger partial charge in [0.1, 0.15) is 5.54 Å². The van der Waals surface area contributed by atoms with Crippen molar-refractivity contribution in [1.29, 1.82) is 0 Å². The van der Waals surface area contributed by atoms with E-state index in [9.17, 15) is 10.4 Å². The lowest BCUT2D eigenvalue weighted by molar-refractivity contribution is -0.531. The van der Waals surface area contributed by atoms with Crippen LogP contribution in [0.25, 0.3) is 0 Å². The number of halogens is 1. The third-order valence-corrected chi connectivity index (χ3v) is 3.44. The van der Waals surface area contributed by atoms with Crippen LogP contribution < -0.4 is 0 Å². The van der Waals surface area contributed by atoms with Gasteiger partial charge in [0.15, 0.2) is 0 Å². The van der Waals surface area contributed by atoms with E-state index < -0.39 is 11.7 Å². The minimum atomic E-state index is -0.713. The van der Waals surface area contributed by atoms with Crippen molar-refractivity contribution in [3.05, 3.63) is 40.1 Å². The summed E-state index contributed by atoms with van der Waals surface area (Å²) < 4.78 is 0.837. The summed E-state index contributed by atoms with van der Waals surface area (Å²) in [6.45, 7) is 5.29. The molecule has 1 atom stereocenters. The maximum Gasteiger partial charge on any atom is 0.238 e. The molecule has 0 saturated carbocycles. The van der Waals surface area contributed by atoms with Crippen LogP contribution in [0.15, 0.2) is 24.3 Å². The normalized spacial score (nSPS) is 24.4. The highest BCUT2D eigenvalue weighted by atomic mass is 35.5. The Morgan fingerprint density at radius 3 is 2.29 bits per heavy atom. The van der Waals surface area contributed by atoms with Gasteiger partial charge < -0.3 is 10.4 Å². The summed E-state index contributed by atoms with van der Waals surface area (Å²) in [5.41, 5.74) is 0.608. The van der Waals surface area contributed by atoms with E-state index in [0.717, 1.165) is 15.4 Å². The first-order valence-corrected chi connectivity index (χ1v) is 5.81. The second-order valence-electron chi connectivity index (χ2n) is 4.72. The molecule has 1 aromatic carbocycles. The Labute approximate surface area is 105 Å². The molecule has 1 N–H and O–H groups in total. The van der Waals surface area contributed by atoms with E-state index in [4.69, 9.17) is 11.6 Å². The van der Waals surface area contributed by atoms with Gasteiger partial charge in [0, 0.05) is 17.5 Å². The lowest BCUT2D eigenvalue weighted by Gasteiger charge is -2.24. The van der Waals surface area contributed by atoms with E-state index in [1.54, 1.807) is 31.2 Å². The fourth-order valence-corrected chi connectivity index (χ4v) is 2.35. The molecule has 2 rings (SSSR count). The lowest BCUT2D eigenvalue weighted by Crippen LogP contribution is -2.45. The first kappa shape index (κ1) is 12.4.